The number of thioether (sulfide) groups is 1. The quantitative estimate of drug-likeness (QED) is 0.338. The molecule has 5 aromatic rings. The number of aromatic nitrogens is 4. The molecule has 0 fully saturated rings. The van der Waals surface area contributed by atoms with E-state index in [0.29, 0.717) is 5.75 Å². The fourth-order valence-electron chi connectivity index (χ4n) is 3.14. The van der Waals surface area contributed by atoms with E-state index in [1.165, 1.54) is 0 Å². The second-order valence-corrected chi connectivity index (χ2v) is 7.17. The minimum Gasteiger partial charge on any atom is -0.341 e. The van der Waals surface area contributed by atoms with Crippen molar-refractivity contribution < 1.29 is 0 Å². The molecule has 2 heterocycles. The van der Waals surface area contributed by atoms with E-state index in [9.17, 15) is 0 Å². The normalized spacial score (nSPS) is 11.3. The summed E-state index contributed by atoms with van der Waals surface area (Å²) in [6.45, 7) is 0. The first-order chi connectivity index (χ1) is 13.4. The summed E-state index contributed by atoms with van der Waals surface area (Å²) in [6.07, 6.45) is 0. The predicted molar refractivity (Wildman–Crippen MR) is 111 cm³/mol. The second kappa shape index (κ2) is 6.85. The number of hydrogen-bond acceptors (Lipinski definition) is 4. The Balaban J connectivity index is 1.51. The molecule has 130 valence electrons. The highest BCUT2D eigenvalue weighted by molar-refractivity contribution is 7.98. The van der Waals surface area contributed by atoms with Gasteiger partial charge >= 0.3 is 0 Å². The Kier molecular flexibility index (Phi) is 4.07. The van der Waals surface area contributed by atoms with E-state index < -0.39 is 0 Å². The van der Waals surface area contributed by atoms with Gasteiger partial charge in [0.2, 0.25) is 0 Å². The maximum absolute atomic E-state index is 4.85. The molecular formula is C22H16N4S. The zero-order valence-electron chi connectivity index (χ0n) is 14.5. The van der Waals surface area contributed by atoms with Crippen LogP contribution in [0.1, 0.15) is 5.82 Å². The Labute approximate surface area is 160 Å². The van der Waals surface area contributed by atoms with Crippen LogP contribution in [-0.4, -0.2) is 19.9 Å². The zero-order valence-corrected chi connectivity index (χ0v) is 15.3. The fourth-order valence-corrected chi connectivity index (χ4v) is 3.86. The van der Waals surface area contributed by atoms with Crippen LogP contribution >= 0.6 is 11.8 Å². The third-order valence-corrected chi connectivity index (χ3v) is 5.26. The monoisotopic (exact) mass is 368 g/mol. The number of fused-ring (bicyclic) bond motifs is 2. The lowest BCUT2D eigenvalue weighted by atomic mass is 10.1. The van der Waals surface area contributed by atoms with Crippen molar-refractivity contribution in [1.82, 2.24) is 19.9 Å². The molecular weight excluding hydrogens is 352 g/mol. The minimum atomic E-state index is 0.696. The fraction of sp³-hybridized carbons (Fsp3) is 0.0455. The van der Waals surface area contributed by atoms with Crippen LogP contribution in [0.2, 0.25) is 0 Å². The third-order valence-electron chi connectivity index (χ3n) is 4.41. The Morgan fingerprint density at radius 1 is 0.704 bits per heavy atom. The molecule has 0 saturated heterocycles. The van der Waals surface area contributed by atoms with Crippen LogP contribution in [0.15, 0.2) is 84.0 Å². The average Bonchev–Trinajstić information content (AvgIpc) is 3.15. The third kappa shape index (κ3) is 3.17. The molecule has 0 saturated carbocycles. The first-order valence-corrected chi connectivity index (χ1v) is 9.74. The van der Waals surface area contributed by atoms with Crippen LogP contribution in [0.5, 0.6) is 0 Å². The van der Waals surface area contributed by atoms with Gasteiger partial charge < -0.3 is 4.98 Å². The molecule has 0 amide bonds. The molecule has 0 bridgehead atoms. The van der Waals surface area contributed by atoms with Crippen LogP contribution in [0.4, 0.5) is 0 Å². The average molecular weight is 368 g/mol. The van der Waals surface area contributed by atoms with E-state index in [1.54, 1.807) is 11.8 Å². The largest absolute Gasteiger partial charge is 0.341 e. The minimum absolute atomic E-state index is 0.696. The van der Waals surface area contributed by atoms with E-state index in [-0.39, 0.29) is 0 Å². The Morgan fingerprint density at radius 2 is 1.44 bits per heavy atom. The van der Waals surface area contributed by atoms with Crippen molar-refractivity contribution in [3.63, 3.8) is 0 Å². The van der Waals surface area contributed by atoms with Gasteiger partial charge in [0.15, 0.2) is 5.16 Å². The number of nitrogens with zero attached hydrogens (tertiary/aromatic N) is 3. The maximum atomic E-state index is 4.85. The summed E-state index contributed by atoms with van der Waals surface area (Å²) in [6, 6.07) is 26.5. The van der Waals surface area contributed by atoms with Crippen LogP contribution in [0, 0.1) is 0 Å². The number of benzene rings is 3. The zero-order chi connectivity index (χ0) is 18.1. The van der Waals surface area contributed by atoms with Gasteiger partial charge in [0, 0.05) is 10.9 Å². The standard InChI is InChI=1S/C22H16N4S/c1-2-8-15(9-3-1)21-16-10-4-5-11-17(16)25-22(26-21)27-14-20-23-18-12-6-7-13-19(18)24-20/h1-13H,14H2,(H,23,24). The van der Waals surface area contributed by atoms with Crippen LogP contribution in [0.3, 0.4) is 0 Å². The molecule has 5 heteroatoms. The molecule has 0 unspecified atom stereocenters. The summed E-state index contributed by atoms with van der Waals surface area (Å²) in [5.74, 6) is 1.63. The Hall–Kier alpha value is -3.18. The lowest BCUT2D eigenvalue weighted by Crippen LogP contribution is -1.94. The van der Waals surface area contributed by atoms with E-state index in [4.69, 9.17) is 9.97 Å². The summed E-state index contributed by atoms with van der Waals surface area (Å²) < 4.78 is 0. The summed E-state index contributed by atoms with van der Waals surface area (Å²) in [5, 5.41) is 1.82. The SMILES string of the molecule is c1ccc(-c2nc(SCc3nc4ccccc4[nH]3)nc3ccccc23)cc1. The summed E-state index contributed by atoms with van der Waals surface area (Å²) in [5.41, 5.74) is 5.06. The highest BCUT2D eigenvalue weighted by Crippen LogP contribution is 2.29. The number of hydrogen-bond donors (Lipinski definition) is 1. The second-order valence-electron chi connectivity index (χ2n) is 6.23. The molecule has 0 aliphatic rings. The number of aromatic amines is 1. The van der Waals surface area contributed by atoms with Gasteiger partial charge in [0.25, 0.3) is 0 Å². The van der Waals surface area contributed by atoms with Crippen molar-refractivity contribution >= 4 is 33.7 Å². The van der Waals surface area contributed by atoms with Crippen molar-refractivity contribution in [2.75, 3.05) is 0 Å². The maximum Gasteiger partial charge on any atom is 0.189 e. The lowest BCUT2D eigenvalue weighted by molar-refractivity contribution is 1.00. The number of rotatable bonds is 4. The molecule has 0 aliphatic carbocycles. The molecule has 0 aliphatic heterocycles. The van der Waals surface area contributed by atoms with Gasteiger partial charge in [-0.15, -0.1) is 0 Å². The van der Waals surface area contributed by atoms with Gasteiger partial charge in [-0.1, -0.05) is 72.4 Å². The molecule has 2 aromatic heterocycles. The van der Waals surface area contributed by atoms with Gasteiger partial charge in [-0.2, -0.15) is 0 Å². The van der Waals surface area contributed by atoms with Crippen molar-refractivity contribution in [3.8, 4) is 11.3 Å². The Bertz CT molecular complexity index is 1200. The molecule has 0 radical (unpaired) electrons. The number of para-hydroxylation sites is 3. The summed E-state index contributed by atoms with van der Waals surface area (Å²) >= 11 is 1.60. The van der Waals surface area contributed by atoms with Crippen molar-refractivity contribution in [3.05, 3.63) is 84.7 Å². The van der Waals surface area contributed by atoms with Gasteiger partial charge in [-0.25, -0.2) is 15.0 Å². The van der Waals surface area contributed by atoms with Gasteiger partial charge in [0.05, 0.1) is 28.0 Å². The highest BCUT2D eigenvalue weighted by atomic mass is 32.2. The summed E-state index contributed by atoms with van der Waals surface area (Å²) in [4.78, 5) is 17.6. The molecule has 27 heavy (non-hydrogen) atoms. The number of imidazole rings is 1. The number of H-pyrrole nitrogens is 1. The molecule has 0 spiro atoms. The van der Waals surface area contributed by atoms with Crippen LogP contribution in [-0.2, 0) is 5.75 Å². The smallest absolute Gasteiger partial charge is 0.189 e. The molecule has 1 N–H and O–H groups in total. The van der Waals surface area contributed by atoms with E-state index >= 15 is 0 Å². The van der Waals surface area contributed by atoms with E-state index in [2.05, 4.69) is 28.2 Å². The van der Waals surface area contributed by atoms with Crippen molar-refractivity contribution in [1.29, 1.82) is 0 Å². The van der Waals surface area contributed by atoms with Gasteiger partial charge in [-0.05, 0) is 18.2 Å². The van der Waals surface area contributed by atoms with Crippen molar-refractivity contribution in [2.45, 2.75) is 10.9 Å². The van der Waals surface area contributed by atoms with Crippen LogP contribution < -0.4 is 0 Å². The first-order valence-electron chi connectivity index (χ1n) is 8.75. The van der Waals surface area contributed by atoms with Gasteiger partial charge in [0.1, 0.15) is 5.82 Å². The van der Waals surface area contributed by atoms with Crippen LogP contribution in [0.25, 0.3) is 33.2 Å². The van der Waals surface area contributed by atoms with E-state index in [0.717, 1.165) is 44.2 Å². The molecule has 0 atom stereocenters. The van der Waals surface area contributed by atoms with Crippen molar-refractivity contribution in [2.24, 2.45) is 0 Å². The highest BCUT2D eigenvalue weighted by Gasteiger charge is 2.11. The lowest BCUT2D eigenvalue weighted by Gasteiger charge is -2.08. The molecule has 4 nitrogen and oxygen atoms in total. The first kappa shape index (κ1) is 16.0. The molecule has 5 rings (SSSR count). The van der Waals surface area contributed by atoms with E-state index in [1.807, 2.05) is 60.7 Å². The predicted octanol–water partition coefficient (Wildman–Crippen LogP) is 5.47. The molecule has 3 aromatic carbocycles. The Morgan fingerprint density at radius 3 is 2.30 bits per heavy atom. The van der Waals surface area contributed by atoms with Gasteiger partial charge in [-0.3, -0.25) is 0 Å². The topological polar surface area (TPSA) is 54.5 Å². The summed E-state index contributed by atoms with van der Waals surface area (Å²) in [7, 11) is 0. The number of nitrogens with one attached hydrogen (secondary N) is 1.